The molecule has 4 heteroatoms. The second kappa shape index (κ2) is 5.73. The van der Waals surface area contributed by atoms with Crippen LogP contribution in [0.25, 0.3) is 0 Å². The predicted octanol–water partition coefficient (Wildman–Crippen LogP) is 3.57. The molecule has 2 aromatic rings. The number of nitrogens with one attached hydrogen (secondary N) is 1. The minimum Gasteiger partial charge on any atom is -0.454 e. The van der Waals surface area contributed by atoms with E-state index in [4.69, 9.17) is 21.1 Å². The summed E-state index contributed by atoms with van der Waals surface area (Å²) in [6.45, 7) is 0.303. The monoisotopic (exact) mass is 289 g/mol. The maximum Gasteiger partial charge on any atom is 0.231 e. The maximum absolute atomic E-state index is 6.04. The first-order valence-corrected chi connectivity index (χ1v) is 6.95. The highest BCUT2D eigenvalue weighted by Crippen LogP contribution is 2.34. The number of benzene rings is 2. The van der Waals surface area contributed by atoms with Gasteiger partial charge in [0.1, 0.15) is 0 Å². The Labute approximate surface area is 123 Å². The van der Waals surface area contributed by atoms with Gasteiger partial charge in [-0.1, -0.05) is 29.8 Å². The first-order valence-electron chi connectivity index (χ1n) is 6.57. The van der Waals surface area contributed by atoms with Crippen LogP contribution in [0.4, 0.5) is 0 Å². The molecule has 2 aromatic carbocycles. The topological polar surface area (TPSA) is 30.5 Å². The predicted molar refractivity (Wildman–Crippen MR) is 79.5 cm³/mol. The number of hydrogen-bond acceptors (Lipinski definition) is 3. The van der Waals surface area contributed by atoms with Crippen LogP contribution >= 0.6 is 11.6 Å². The number of halogens is 1. The number of likely N-dealkylation sites (N-methyl/N-ethyl adjacent to an activating group) is 1. The molecule has 0 amide bonds. The number of rotatable bonds is 4. The molecule has 104 valence electrons. The Morgan fingerprint density at radius 1 is 1.15 bits per heavy atom. The molecule has 0 saturated carbocycles. The average Bonchev–Trinajstić information content (AvgIpc) is 2.92. The van der Waals surface area contributed by atoms with Gasteiger partial charge in [-0.15, -0.1) is 0 Å². The molecule has 0 fully saturated rings. The Kier molecular flexibility index (Phi) is 3.81. The van der Waals surface area contributed by atoms with Crippen molar-refractivity contribution in [2.45, 2.75) is 12.5 Å². The third-order valence-electron chi connectivity index (χ3n) is 3.48. The van der Waals surface area contributed by atoms with Gasteiger partial charge in [0.2, 0.25) is 6.79 Å². The molecule has 1 heterocycles. The van der Waals surface area contributed by atoms with Gasteiger partial charge in [-0.05, 0) is 48.9 Å². The molecule has 0 aromatic heterocycles. The Morgan fingerprint density at radius 3 is 2.80 bits per heavy atom. The summed E-state index contributed by atoms with van der Waals surface area (Å²) in [5, 5.41) is 4.10. The third-order valence-corrected chi connectivity index (χ3v) is 3.71. The summed E-state index contributed by atoms with van der Waals surface area (Å²) in [4.78, 5) is 0. The van der Waals surface area contributed by atoms with Crippen LogP contribution in [0.5, 0.6) is 11.5 Å². The lowest BCUT2D eigenvalue weighted by molar-refractivity contribution is 0.174. The fraction of sp³-hybridized carbons (Fsp3) is 0.250. The van der Waals surface area contributed by atoms with E-state index in [0.717, 1.165) is 22.9 Å². The molecule has 0 radical (unpaired) electrons. The quantitative estimate of drug-likeness (QED) is 0.933. The van der Waals surface area contributed by atoms with E-state index in [1.807, 2.05) is 37.4 Å². The largest absolute Gasteiger partial charge is 0.454 e. The Hall–Kier alpha value is -1.71. The molecule has 3 nitrogen and oxygen atoms in total. The zero-order chi connectivity index (χ0) is 13.9. The Bertz CT molecular complexity index is 615. The zero-order valence-electron chi connectivity index (χ0n) is 11.2. The van der Waals surface area contributed by atoms with Gasteiger partial charge in [0.15, 0.2) is 11.5 Å². The van der Waals surface area contributed by atoms with Crippen LogP contribution < -0.4 is 14.8 Å². The van der Waals surface area contributed by atoms with E-state index in [1.54, 1.807) is 0 Å². The molecule has 3 rings (SSSR count). The van der Waals surface area contributed by atoms with Crippen molar-refractivity contribution in [3.05, 3.63) is 58.6 Å². The molecular weight excluding hydrogens is 274 g/mol. The summed E-state index contributed by atoms with van der Waals surface area (Å²) >= 11 is 6.04. The molecule has 20 heavy (non-hydrogen) atoms. The van der Waals surface area contributed by atoms with E-state index in [0.29, 0.717) is 6.79 Å². The first-order chi connectivity index (χ1) is 9.76. The molecular formula is C16H16ClNO2. The summed E-state index contributed by atoms with van der Waals surface area (Å²) < 4.78 is 10.8. The molecule has 0 aliphatic carbocycles. The van der Waals surface area contributed by atoms with Crippen molar-refractivity contribution in [2.75, 3.05) is 13.8 Å². The summed E-state index contributed by atoms with van der Waals surface area (Å²) in [5.41, 5.74) is 2.38. The normalized spacial score (nSPS) is 14.3. The van der Waals surface area contributed by atoms with E-state index < -0.39 is 0 Å². The van der Waals surface area contributed by atoms with Crippen molar-refractivity contribution in [1.29, 1.82) is 0 Å². The first kappa shape index (κ1) is 13.3. The minimum absolute atomic E-state index is 0.211. The van der Waals surface area contributed by atoms with Gasteiger partial charge in [0.25, 0.3) is 0 Å². The Balaban J connectivity index is 1.83. The van der Waals surface area contributed by atoms with Gasteiger partial charge in [0, 0.05) is 11.1 Å². The molecule has 1 aliphatic rings. The fourth-order valence-corrected chi connectivity index (χ4v) is 2.63. The zero-order valence-corrected chi connectivity index (χ0v) is 12.0. The fourth-order valence-electron chi connectivity index (χ4n) is 2.42. The van der Waals surface area contributed by atoms with E-state index in [2.05, 4.69) is 17.4 Å². The van der Waals surface area contributed by atoms with Crippen molar-refractivity contribution < 1.29 is 9.47 Å². The van der Waals surface area contributed by atoms with Crippen molar-refractivity contribution in [3.8, 4) is 11.5 Å². The standard InChI is InChI=1S/C16H16ClNO2/c1-18-14(8-11-3-2-4-13(17)7-11)12-5-6-15-16(9-12)20-10-19-15/h2-7,9,14,18H,8,10H2,1H3. The summed E-state index contributed by atoms with van der Waals surface area (Å²) in [6.07, 6.45) is 0.872. The lowest BCUT2D eigenvalue weighted by atomic mass is 9.98. The molecule has 1 N–H and O–H groups in total. The van der Waals surface area contributed by atoms with Crippen LogP contribution in [-0.2, 0) is 6.42 Å². The van der Waals surface area contributed by atoms with E-state index >= 15 is 0 Å². The number of ether oxygens (including phenoxy) is 2. The summed E-state index contributed by atoms with van der Waals surface area (Å²) in [7, 11) is 1.96. The molecule has 0 saturated heterocycles. The second-order valence-electron chi connectivity index (χ2n) is 4.79. The van der Waals surface area contributed by atoms with Gasteiger partial charge in [0.05, 0.1) is 0 Å². The third kappa shape index (κ3) is 2.74. The van der Waals surface area contributed by atoms with E-state index in [-0.39, 0.29) is 6.04 Å². The molecule has 1 unspecified atom stereocenters. The Morgan fingerprint density at radius 2 is 2.00 bits per heavy atom. The molecule has 0 spiro atoms. The van der Waals surface area contributed by atoms with Gasteiger partial charge in [-0.3, -0.25) is 0 Å². The summed E-state index contributed by atoms with van der Waals surface area (Å²) in [5.74, 6) is 1.63. The highest BCUT2D eigenvalue weighted by Gasteiger charge is 2.17. The van der Waals surface area contributed by atoms with E-state index in [1.165, 1.54) is 11.1 Å². The minimum atomic E-state index is 0.211. The van der Waals surface area contributed by atoms with Gasteiger partial charge >= 0.3 is 0 Å². The average molecular weight is 290 g/mol. The van der Waals surface area contributed by atoms with Crippen LogP contribution in [0.1, 0.15) is 17.2 Å². The van der Waals surface area contributed by atoms with Gasteiger partial charge < -0.3 is 14.8 Å². The van der Waals surface area contributed by atoms with Crippen LogP contribution in [-0.4, -0.2) is 13.8 Å². The van der Waals surface area contributed by atoms with Crippen molar-refractivity contribution in [2.24, 2.45) is 0 Å². The van der Waals surface area contributed by atoms with Crippen molar-refractivity contribution in [1.82, 2.24) is 5.32 Å². The lowest BCUT2D eigenvalue weighted by Crippen LogP contribution is -2.18. The lowest BCUT2D eigenvalue weighted by Gasteiger charge is -2.17. The highest BCUT2D eigenvalue weighted by molar-refractivity contribution is 6.30. The van der Waals surface area contributed by atoms with Crippen LogP contribution in [0.2, 0.25) is 5.02 Å². The van der Waals surface area contributed by atoms with Crippen molar-refractivity contribution in [3.63, 3.8) is 0 Å². The number of fused-ring (bicyclic) bond motifs is 1. The van der Waals surface area contributed by atoms with Gasteiger partial charge in [-0.25, -0.2) is 0 Å². The van der Waals surface area contributed by atoms with Crippen LogP contribution in [0.3, 0.4) is 0 Å². The SMILES string of the molecule is CNC(Cc1cccc(Cl)c1)c1ccc2c(c1)OCO2. The molecule has 1 atom stereocenters. The molecule has 0 bridgehead atoms. The highest BCUT2D eigenvalue weighted by atomic mass is 35.5. The van der Waals surface area contributed by atoms with Crippen LogP contribution in [0.15, 0.2) is 42.5 Å². The second-order valence-corrected chi connectivity index (χ2v) is 5.22. The smallest absolute Gasteiger partial charge is 0.231 e. The van der Waals surface area contributed by atoms with Gasteiger partial charge in [-0.2, -0.15) is 0 Å². The molecule has 1 aliphatic heterocycles. The van der Waals surface area contributed by atoms with Crippen molar-refractivity contribution >= 4 is 11.6 Å². The maximum atomic E-state index is 6.04. The van der Waals surface area contributed by atoms with Crippen LogP contribution in [0, 0.1) is 0 Å². The number of hydrogen-bond donors (Lipinski definition) is 1. The van der Waals surface area contributed by atoms with E-state index in [9.17, 15) is 0 Å². The summed E-state index contributed by atoms with van der Waals surface area (Å²) in [6, 6.07) is 14.2.